The fourth-order valence-corrected chi connectivity index (χ4v) is 2.14. The molecule has 0 bridgehead atoms. The fraction of sp³-hybridized carbons (Fsp3) is 0. The second-order valence-electron chi connectivity index (χ2n) is 4.17. The molecule has 1 amide bonds. The van der Waals surface area contributed by atoms with Gasteiger partial charge < -0.3 is 0 Å². The molecule has 6 heteroatoms. The number of benzene rings is 2. The Morgan fingerprint density at radius 2 is 2.05 bits per heavy atom. The highest BCUT2D eigenvalue weighted by Gasteiger charge is 2.12. The molecule has 0 aliphatic rings. The Labute approximate surface area is 118 Å². The molecule has 20 heavy (non-hydrogen) atoms. The number of hydrogen-bond donors (Lipinski definition) is 1. The quantitative estimate of drug-likeness (QED) is 0.787. The first kappa shape index (κ1) is 12.6. The normalized spacial score (nSPS) is 10.7. The van der Waals surface area contributed by atoms with Gasteiger partial charge >= 0.3 is 0 Å². The summed E-state index contributed by atoms with van der Waals surface area (Å²) in [6.07, 6.45) is 1.50. The van der Waals surface area contributed by atoms with Gasteiger partial charge in [0.15, 0.2) is 0 Å². The van der Waals surface area contributed by atoms with Crippen LogP contribution < -0.4 is 5.43 Å². The lowest BCUT2D eigenvalue weighted by Crippen LogP contribution is -2.22. The van der Waals surface area contributed by atoms with Crippen molar-refractivity contribution in [3.63, 3.8) is 0 Å². The van der Waals surface area contributed by atoms with Crippen molar-refractivity contribution in [1.82, 2.24) is 9.66 Å². The maximum absolute atomic E-state index is 13.0. The van der Waals surface area contributed by atoms with Gasteiger partial charge in [0, 0.05) is 0 Å². The molecular weight excluding hydrogens is 281 g/mol. The Bertz CT molecular complexity index is 800. The number of nitrogens with one attached hydrogen (secondary N) is 1. The number of halogens is 2. The first-order chi connectivity index (χ1) is 9.65. The Balaban J connectivity index is 1.92. The molecule has 0 aliphatic carbocycles. The van der Waals surface area contributed by atoms with Crippen molar-refractivity contribution in [3.05, 3.63) is 65.2 Å². The van der Waals surface area contributed by atoms with Crippen LogP contribution in [-0.4, -0.2) is 15.6 Å². The van der Waals surface area contributed by atoms with Crippen LogP contribution in [0.2, 0.25) is 5.02 Å². The molecule has 2 aromatic carbocycles. The van der Waals surface area contributed by atoms with Gasteiger partial charge in [-0.15, -0.1) is 0 Å². The van der Waals surface area contributed by atoms with E-state index < -0.39 is 11.7 Å². The second-order valence-corrected chi connectivity index (χ2v) is 4.58. The molecule has 0 unspecified atom stereocenters. The number of aromatic nitrogens is 2. The highest BCUT2D eigenvalue weighted by molar-refractivity contribution is 6.34. The number of fused-ring (bicyclic) bond motifs is 1. The molecule has 1 heterocycles. The van der Waals surface area contributed by atoms with Crippen LogP contribution in [0.3, 0.4) is 0 Å². The third kappa shape index (κ3) is 2.23. The third-order valence-electron chi connectivity index (χ3n) is 2.85. The first-order valence-corrected chi connectivity index (χ1v) is 6.21. The van der Waals surface area contributed by atoms with E-state index in [-0.39, 0.29) is 10.6 Å². The minimum atomic E-state index is -0.486. The maximum atomic E-state index is 13.0. The summed E-state index contributed by atoms with van der Waals surface area (Å²) in [5.41, 5.74) is 4.37. The van der Waals surface area contributed by atoms with Gasteiger partial charge in [-0.2, -0.15) is 0 Å². The van der Waals surface area contributed by atoms with Crippen LogP contribution in [0.4, 0.5) is 4.39 Å². The highest BCUT2D eigenvalue weighted by Crippen LogP contribution is 2.18. The molecule has 0 saturated heterocycles. The molecule has 1 aromatic heterocycles. The summed E-state index contributed by atoms with van der Waals surface area (Å²) in [6, 6.07) is 11.0. The van der Waals surface area contributed by atoms with Crippen molar-refractivity contribution in [3.8, 4) is 0 Å². The van der Waals surface area contributed by atoms with E-state index in [9.17, 15) is 9.18 Å². The van der Waals surface area contributed by atoms with Crippen molar-refractivity contribution in [2.75, 3.05) is 5.43 Å². The van der Waals surface area contributed by atoms with E-state index in [1.807, 2.05) is 24.3 Å². The molecule has 0 atom stereocenters. The molecule has 0 spiro atoms. The van der Waals surface area contributed by atoms with Crippen molar-refractivity contribution < 1.29 is 9.18 Å². The van der Waals surface area contributed by atoms with E-state index >= 15 is 0 Å². The zero-order valence-corrected chi connectivity index (χ0v) is 10.9. The maximum Gasteiger partial charge on any atom is 0.271 e. The van der Waals surface area contributed by atoms with Gasteiger partial charge in [-0.25, -0.2) is 14.1 Å². The summed E-state index contributed by atoms with van der Waals surface area (Å²) in [7, 11) is 0. The van der Waals surface area contributed by atoms with E-state index in [0.717, 1.165) is 17.1 Å². The average Bonchev–Trinajstić information content (AvgIpc) is 2.82. The lowest BCUT2D eigenvalue weighted by molar-refractivity contribution is 0.101. The van der Waals surface area contributed by atoms with E-state index in [4.69, 9.17) is 11.6 Å². The summed E-state index contributed by atoms with van der Waals surface area (Å²) in [5, 5.41) is 0.0620. The number of nitrogens with zero attached hydrogens (tertiary/aromatic N) is 2. The predicted octanol–water partition coefficient (Wildman–Crippen LogP) is 3.21. The highest BCUT2D eigenvalue weighted by atomic mass is 35.5. The lowest BCUT2D eigenvalue weighted by Gasteiger charge is -2.08. The fourth-order valence-electron chi connectivity index (χ4n) is 1.89. The third-order valence-corrected chi connectivity index (χ3v) is 3.16. The van der Waals surface area contributed by atoms with Gasteiger partial charge in [-0.3, -0.25) is 10.2 Å². The summed E-state index contributed by atoms with van der Waals surface area (Å²) in [5.74, 6) is -0.919. The van der Waals surface area contributed by atoms with Crippen molar-refractivity contribution in [2.45, 2.75) is 0 Å². The summed E-state index contributed by atoms with van der Waals surface area (Å²) >= 11 is 5.86. The molecule has 100 valence electrons. The SMILES string of the molecule is O=C(Nn1cnc2ccccc21)c1ccc(F)cc1Cl. The molecule has 4 nitrogen and oxygen atoms in total. The second kappa shape index (κ2) is 4.94. The van der Waals surface area contributed by atoms with Crippen LogP contribution in [-0.2, 0) is 0 Å². The molecule has 0 radical (unpaired) electrons. The number of imidazole rings is 1. The Morgan fingerprint density at radius 3 is 2.85 bits per heavy atom. The smallest absolute Gasteiger partial charge is 0.267 e. The molecule has 1 N–H and O–H groups in total. The van der Waals surface area contributed by atoms with E-state index in [0.29, 0.717) is 0 Å². The molecular formula is C14H9ClFN3O. The van der Waals surface area contributed by atoms with Crippen LogP contribution in [0.15, 0.2) is 48.8 Å². The van der Waals surface area contributed by atoms with E-state index in [1.165, 1.54) is 23.1 Å². The van der Waals surface area contributed by atoms with Crippen molar-refractivity contribution >= 4 is 28.5 Å². The van der Waals surface area contributed by atoms with Crippen LogP contribution in [0.1, 0.15) is 10.4 Å². The van der Waals surface area contributed by atoms with Crippen LogP contribution >= 0.6 is 11.6 Å². The zero-order chi connectivity index (χ0) is 14.1. The van der Waals surface area contributed by atoms with Crippen molar-refractivity contribution in [1.29, 1.82) is 0 Å². The number of rotatable bonds is 2. The number of amides is 1. The Hall–Kier alpha value is -2.40. The average molecular weight is 290 g/mol. The van der Waals surface area contributed by atoms with Gasteiger partial charge in [-0.1, -0.05) is 23.7 Å². The lowest BCUT2D eigenvalue weighted by atomic mass is 10.2. The Kier molecular flexibility index (Phi) is 3.12. The van der Waals surface area contributed by atoms with E-state index in [2.05, 4.69) is 10.4 Å². The zero-order valence-electron chi connectivity index (χ0n) is 10.2. The molecule has 3 rings (SSSR count). The monoisotopic (exact) mass is 289 g/mol. The summed E-state index contributed by atoms with van der Waals surface area (Å²) in [4.78, 5) is 16.3. The largest absolute Gasteiger partial charge is 0.271 e. The van der Waals surface area contributed by atoms with Crippen molar-refractivity contribution in [2.24, 2.45) is 0 Å². The van der Waals surface area contributed by atoms with Gasteiger partial charge in [0.1, 0.15) is 12.1 Å². The number of para-hydroxylation sites is 2. The number of carbonyl (C=O) groups excluding carboxylic acids is 1. The molecule has 3 aromatic rings. The molecule has 0 fully saturated rings. The van der Waals surface area contributed by atoms with Gasteiger partial charge in [0.2, 0.25) is 0 Å². The van der Waals surface area contributed by atoms with Gasteiger partial charge in [0.05, 0.1) is 21.6 Å². The molecule has 0 saturated carbocycles. The standard InChI is InChI=1S/C14H9ClFN3O/c15-11-7-9(16)5-6-10(11)14(20)18-19-8-17-12-3-1-2-4-13(12)19/h1-8H,(H,18,20). The van der Waals surface area contributed by atoms with E-state index in [1.54, 1.807) is 0 Å². The number of carbonyl (C=O) groups is 1. The number of hydrogen-bond acceptors (Lipinski definition) is 2. The van der Waals surface area contributed by atoms with Crippen LogP contribution in [0.5, 0.6) is 0 Å². The summed E-state index contributed by atoms with van der Waals surface area (Å²) in [6.45, 7) is 0. The Morgan fingerprint density at radius 1 is 1.25 bits per heavy atom. The van der Waals surface area contributed by atoms with Gasteiger partial charge in [-0.05, 0) is 30.3 Å². The predicted molar refractivity (Wildman–Crippen MR) is 74.8 cm³/mol. The topological polar surface area (TPSA) is 46.9 Å². The summed E-state index contributed by atoms with van der Waals surface area (Å²) < 4.78 is 14.5. The minimum absolute atomic E-state index is 0.0620. The molecule has 0 aliphatic heterocycles. The first-order valence-electron chi connectivity index (χ1n) is 5.83. The van der Waals surface area contributed by atoms with Crippen LogP contribution in [0, 0.1) is 5.82 Å². The van der Waals surface area contributed by atoms with Gasteiger partial charge in [0.25, 0.3) is 5.91 Å². The minimum Gasteiger partial charge on any atom is -0.267 e. The van der Waals surface area contributed by atoms with Crippen LogP contribution in [0.25, 0.3) is 11.0 Å².